The largest absolute Gasteiger partial charge is 0.358 e. The van der Waals surface area contributed by atoms with Gasteiger partial charge in [-0.2, -0.15) is 0 Å². The van der Waals surface area contributed by atoms with Gasteiger partial charge < -0.3 is 9.84 Å². The molecule has 0 saturated heterocycles. The Balaban J connectivity index is 2.76. The van der Waals surface area contributed by atoms with Gasteiger partial charge in [0.1, 0.15) is 5.02 Å². The molecule has 1 amide bonds. The van der Waals surface area contributed by atoms with Gasteiger partial charge in [0.05, 0.1) is 5.33 Å². The molecular formula is C6H6BrClN2O2. The summed E-state index contributed by atoms with van der Waals surface area (Å²) < 4.78 is 4.73. The second-order valence-electron chi connectivity index (χ2n) is 2.08. The standard InChI is InChI=1S/C6H6BrClN2O2/c1-3-5(8)6(10-12-3)9-4(11)2-7/h2H2,1H3,(H,9,10,11). The maximum Gasteiger partial charge on any atom is 0.236 e. The van der Waals surface area contributed by atoms with E-state index in [4.69, 9.17) is 16.1 Å². The Morgan fingerprint density at radius 3 is 2.92 bits per heavy atom. The number of amides is 1. The number of nitrogens with zero attached hydrogens (tertiary/aromatic N) is 1. The SMILES string of the molecule is Cc1onc(NC(=O)CBr)c1Cl. The van der Waals surface area contributed by atoms with Crippen molar-refractivity contribution in [1.82, 2.24) is 5.16 Å². The molecule has 0 aliphatic carbocycles. The Hall–Kier alpha value is -0.550. The minimum atomic E-state index is -0.217. The van der Waals surface area contributed by atoms with E-state index in [9.17, 15) is 4.79 Å². The molecule has 1 aromatic heterocycles. The summed E-state index contributed by atoms with van der Waals surface area (Å²) in [6, 6.07) is 0. The minimum absolute atomic E-state index is 0.204. The van der Waals surface area contributed by atoms with Crippen LogP contribution in [0.5, 0.6) is 0 Å². The van der Waals surface area contributed by atoms with Crippen molar-refractivity contribution in [2.24, 2.45) is 0 Å². The van der Waals surface area contributed by atoms with Gasteiger partial charge >= 0.3 is 0 Å². The molecule has 0 fully saturated rings. The van der Waals surface area contributed by atoms with Gasteiger partial charge in [-0.05, 0) is 6.92 Å². The lowest BCUT2D eigenvalue weighted by atomic mass is 10.5. The summed E-state index contributed by atoms with van der Waals surface area (Å²) >= 11 is 8.71. The fourth-order valence-corrected chi connectivity index (χ4v) is 0.861. The second-order valence-corrected chi connectivity index (χ2v) is 3.02. The summed E-state index contributed by atoms with van der Waals surface area (Å²) in [6.45, 7) is 1.67. The lowest BCUT2D eigenvalue weighted by Gasteiger charge is -1.95. The topological polar surface area (TPSA) is 55.1 Å². The van der Waals surface area contributed by atoms with Crippen LogP contribution in [-0.2, 0) is 4.79 Å². The fraction of sp³-hybridized carbons (Fsp3) is 0.333. The first-order chi connectivity index (χ1) is 5.65. The van der Waals surface area contributed by atoms with E-state index < -0.39 is 0 Å². The number of carbonyl (C=O) groups is 1. The van der Waals surface area contributed by atoms with E-state index in [1.807, 2.05) is 0 Å². The summed E-state index contributed by atoms with van der Waals surface area (Å²) in [6.07, 6.45) is 0. The van der Waals surface area contributed by atoms with E-state index in [0.717, 1.165) is 0 Å². The van der Waals surface area contributed by atoms with Crippen LogP contribution in [-0.4, -0.2) is 16.4 Å². The molecule has 66 valence electrons. The summed E-state index contributed by atoms with van der Waals surface area (Å²) in [4.78, 5) is 10.8. The van der Waals surface area contributed by atoms with Crippen molar-refractivity contribution in [2.45, 2.75) is 6.92 Å². The van der Waals surface area contributed by atoms with Crippen LogP contribution in [0.15, 0.2) is 4.52 Å². The average molecular weight is 253 g/mol. The van der Waals surface area contributed by atoms with Crippen molar-refractivity contribution in [3.05, 3.63) is 10.8 Å². The van der Waals surface area contributed by atoms with E-state index in [1.54, 1.807) is 6.92 Å². The van der Waals surface area contributed by atoms with E-state index in [0.29, 0.717) is 10.8 Å². The number of halogens is 2. The quantitative estimate of drug-likeness (QED) is 0.820. The van der Waals surface area contributed by atoms with Crippen molar-refractivity contribution < 1.29 is 9.32 Å². The van der Waals surface area contributed by atoms with Gasteiger partial charge in [-0.1, -0.05) is 32.7 Å². The number of hydrogen-bond acceptors (Lipinski definition) is 3. The van der Waals surface area contributed by atoms with Gasteiger partial charge in [0.25, 0.3) is 0 Å². The molecule has 4 nitrogen and oxygen atoms in total. The Bertz CT molecular complexity index is 300. The number of aromatic nitrogens is 1. The smallest absolute Gasteiger partial charge is 0.236 e. The van der Waals surface area contributed by atoms with Crippen LogP contribution in [0.4, 0.5) is 5.82 Å². The zero-order chi connectivity index (χ0) is 9.14. The van der Waals surface area contributed by atoms with Gasteiger partial charge in [0.15, 0.2) is 11.6 Å². The van der Waals surface area contributed by atoms with Crippen molar-refractivity contribution in [1.29, 1.82) is 0 Å². The first-order valence-corrected chi connectivity index (χ1v) is 4.62. The fourth-order valence-electron chi connectivity index (χ4n) is 0.604. The number of aryl methyl sites for hydroxylation is 1. The van der Waals surface area contributed by atoms with Crippen molar-refractivity contribution in [2.75, 3.05) is 10.6 Å². The number of nitrogens with one attached hydrogen (secondary N) is 1. The molecule has 0 spiro atoms. The maximum atomic E-state index is 10.8. The predicted molar refractivity (Wildman–Crippen MR) is 48.7 cm³/mol. The zero-order valence-electron chi connectivity index (χ0n) is 6.23. The minimum Gasteiger partial charge on any atom is -0.358 e. The van der Waals surface area contributed by atoms with Crippen molar-refractivity contribution >= 4 is 39.3 Å². The number of hydrogen-bond donors (Lipinski definition) is 1. The Labute approximate surface area is 82.4 Å². The summed E-state index contributed by atoms with van der Waals surface area (Å²) in [5.74, 6) is 0.533. The average Bonchev–Trinajstić information content (AvgIpc) is 2.36. The third-order valence-electron chi connectivity index (χ3n) is 1.17. The molecule has 0 aliphatic rings. The lowest BCUT2D eigenvalue weighted by Crippen LogP contribution is -2.12. The molecule has 12 heavy (non-hydrogen) atoms. The molecule has 0 aromatic carbocycles. The highest BCUT2D eigenvalue weighted by Crippen LogP contribution is 2.23. The summed E-state index contributed by atoms with van der Waals surface area (Å²) in [5, 5.41) is 6.54. The Kier molecular flexibility index (Phi) is 3.11. The van der Waals surface area contributed by atoms with Crippen LogP contribution in [0.25, 0.3) is 0 Å². The van der Waals surface area contributed by atoms with E-state index in [1.165, 1.54) is 0 Å². The third kappa shape index (κ3) is 1.98. The number of carbonyl (C=O) groups excluding carboxylic acids is 1. The first kappa shape index (κ1) is 9.54. The number of rotatable bonds is 2. The predicted octanol–water partition coefficient (Wildman–Crippen LogP) is 1.97. The maximum absolute atomic E-state index is 10.8. The molecular weight excluding hydrogens is 247 g/mol. The molecule has 0 radical (unpaired) electrons. The first-order valence-electron chi connectivity index (χ1n) is 3.12. The molecule has 0 bridgehead atoms. The summed E-state index contributed by atoms with van der Waals surface area (Å²) in [5.41, 5.74) is 0. The molecule has 0 unspecified atom stereocenters. The molecule has 1 N–H and O–H groups in total. The Morgan fingerprint density at radius 1 is 1.83 bits per heavy atom. The highest BCUT2D eigenvalue weighted by molar-refractivity contribution is 9.09. The Morgan fingerprint density at radius 2 is 2.50 bits per heavy atom. The molecule has 1 heterocycles. The van der Waals surface area contributed by atoms with Gasteiger partial charge in [-0.25, -0.2) is 0 Å². The van der Waals surface area contributed by atoms with Crippen LogP contribution in [0.1, 0.15) is 5.76 Å². The number of anilines is 1. The molecule has 0 saturated carbocycles. The van der Waals surface area contributed by atoms with Crippen LogP contribution in [0.2, 0.25) is 5.02 Å². The van der Waals surface area contributed by atoms with Crippen LogP contribution < -0.4 is 5.32 Å². The van der Waals surface area contributed by atoms with E-state index in [-0.39, 0.29) is 17.1 Å². The van der Waals surface area contributed by atoms with Gasteiger partial charge in [-0.3, -0.25) is 4.79 Å². The van der Waals surface area contributed by atoms with Gasteiger partial charge in [0.2, 0.25) is 5.91 Å². The van der Waals surface area contributed by atoms with Crippen LogP contribution >= 0.6 is 27.5 Å². The lowest BCUT2D eigenvalue weighted by molar-refractivity contribution is -0.113. The van der Waals surface area contributed by atoms with Gasteiger partial charge in [-0.15, -0.1) is 0 Å². The second kappa shape index (κ2) is 3.91. The molecule has 1 rings (SSSR count). The molecule has 6 heteroatoms. The van der Waals surface area contributed by atoms with Crippen LogP contribution in [0.3, 0.4) is 0 Å². The molecule has 1 aromatic rings. The van der Waals surface area contributed by atoms with Crippen LogP contribution in [0, 0.1) is 6.92 Å². The zero-order valence-corrected chi connectivity index (χ0v) is 8.57. The highest BCUT2D eigenvalue weighted by atomic mass is 79.9. The monoisotopic (exact) mass is 252 g/mol. The van der Waals surface area contributed by atoms with E-state index >= 15 is 0 Å². The van der Waals surface area contributed by atoms with Gasteiger partial charge in [0, 0.05) is 0 Å². The van der Waals surface area contributed by atoms with Crippen molar-refractivity contribution in [3.8, 4) is 0 Å². The number of alkyl halides is 1. The normalized spacial score (nSPS) is 9.92. The third-order valence-corrected chi connectivity index (χ3v) is 2.12. The molecule has 0 atom stereocenters. The van der Waals surface area contributed by atoms with E-state index in [2.05, 4.69) is 26.4 Å². The summed E-state index contributed by atoms with van der Waals surface area (Å²) in [7, 11) is 0. The highest BCUT2D eigenvalue weighted by Gasteiger charge is 2.11. The molecule has 0 aliphatic heterocycles. The van der Waals surface area contributed by atoms with Crippen molar-refractivity contribution in [3.63, 3.8) is 0 Å².